The lowest BCUT2D eigenvalue weighted by atomic mass is 10.0. The van der Waals surface area contributed by atoms with Crippen LogP contribution in [0.5, 0.6) is 0 Å². The van der Waals surface area contributed by atoms with Crippen LogP contribution in [0.25, 0.3) is 11.3 Å². The minimum Gasteiger partial charge on any atom is -0.316 e. The maximum atomic E-state index is 13.2. The Balaban J connectivity index is 1.84. The maximum Gasteiger partial charge on any atom is 0.123 e. The van der Waals surface area contributed by atoms with Crippen LogP contribution in [0.1, 0.15) is 23.8 Å². The van der Waals surface area contributed by atoms with Gasteiger partial charge in [0.05, 0.1) is 10.7 Å². The topological polar surface area (TPSA) is 24.9 Å². The summed E-state index contributed by atoms with van der Waals surface area (Å²) in [7, 11) is 0. The highest BCUT2D eigenvalue weighted by Crippen LogP contribution is 2.30. The first-order chi connectivity index (χ1) is 8.83. The summed E-state index contributed by atoms with van der Waals surface area (Å²) < 4.78 is 13.2. The van der Waals surface area contributed by atoms with Crippen molar-refractivity contribution in [1.29, 1.82) is 0 Å². The van der Waals surface area contributed by atoms with E-state index in [-0.39, 0.29) is 5.82 Å². The highest BCUT2D eigenvalue weighted by molar-refractivity contribution is 7.10. The molecule has 0 aliphatic carbocycles. The number of nitrogens with one attached hydrogen (secondary N) is 1. The number of aromatic nitrogens is 1. The molecule has 1 aliphatic rings. The molecule has 1 unspecified atom stereocenters. The van der Waals surface area contributed by atoms with Crippen molar-refractivity contribution < 1.29 is 4.39 Å². The molecule has 0 saturated carbocycles. The molecule has 1 atom stereocenters. The summed E-state index contributed by atoms with van der Waals surface area (Å²) in [5.74, 6) is 0.312. The molecule has 1 aromatic carbocycles. The van der Waals surface area contributed by atoms with Crippen LogP contribution in [0, 0.1) is 5.82 Å². The Bertz CT molecular complexity index is 532. The van der Waals surface area contributed by atoms with Gasteiger partial charge in [-0.05, 0) is 31.5 Å². The second-order valence-corrected chi connectivity index (χ2v) is 5.51. The van der Waals surface area contributed by atoms with Crippen LogP contribution in [-0.2, 0) is 0 Å². The van der Waals surface area contributed by atoms with Gasteiger partial charge in [-0.2, -0.15) is 0 Å². The molecule has 1 saturated heterocycles. The van der Waals surface area contributed by atoms with Gasteiger partial charge in [0.2, 0.25) is 0 Å². The van der Waals surface area contributed by atoms with Gasteiger partial charge in [0.25, 0.3) is 0 Å². The summed E-state index contributed by atoms with van der Waals surface area (Å²) in [6, 6.07) is 6.63. The number of hydrogen-bond acceptors (Lipinski definition) is 3. The summed E-state index contributed by atoms with van der Waals surface area (Å²) in [5.41, 5.74) is 1.75. The Morgan fingerprint density at radius 3 is 3.11 bits per heavy atom. The van der Waals surface area contributed by atoms with E-state index in [1.807, 2.05) is 11.4 Å². The van der Waals surface area contributed by atoms with Crippen LogP contribution in [0.3, 0.4) is 0 Å². The summed E-state index contributed by atoms with van der Waals surface area (Å²) in [6.45, 7) is 2.12. The van der Waals surface area contributed by atoms with E-state index >= 15 is 0 Å². The maximum absolute atomic E-state index is 13.2. The zero-order valence-electron chi connectivity index (χ0n) is 10.0. The molecule has 3 rings (SSSR count). The summed E-state index contributed by atoms with van der Waals surface area (Å²) in [5, 5.41) is 6.59. The highest BCUT2D eigenvalue weighted by Gasteiger charge is 2.18. The summed E-state index contributed by atoms with van der Waals surface area (Å²) >= 11 is 1.68. The average molecular weight is 262 g/mol. The molecule has 0 bridgehead atoms. The number of piperidine rings is 1. The zero-order valence-corrected chi connectivity index (χ0v) is 10.8. The second-order valence-electron chi connectivity index (χ2n) is 4.62. The first kappa shape index (κ1) is 11.8. The van der Waals surface area contributed by atoms with Gasteiger partial charge in [-0.3, -0.25) is 0 Å². The van der Waals surface area contributed by atoms with Crippen molar-refractivity contribution >= 4 is 11.3 Å². The number of halogens is 1. The predicted molar refractivity (Wildman–Crippen MR) is 72.4 cm³/mol. The Kier molecular flexibility index (Phi) is 3.39. The molecule has 2 heterocycles. The Morgan fingerprint density at radius 1 is 1.39 bits per heavy atom. The third-order valence-electron chi connectivity index (χ3n) is 3.29. The zero-order chi connectivity index (χ0) is 12.4. The SMILES string of the molecule is Fc1cccc(-c2csc(C3CCCNC3)n2)c1. The van der Waals surface area contributed by atoms with E-state index in [1.54, 1.807) is 17.4 Å². The van der Waals surface area contributed by atoms with E-state index in [0.29, 0.717) is 5.92 Å². The van der Waals surface area contributed by atoms with Crippen LogP contribution >= 0.6 is 11.3 Å². The molecular formula is C14H15FN2S. The Hall–Kier alpha value is -1.26. The van der Waals surface area contributed by atoms with Crippen molar-refractivity contribution in [3.63, 3.8) is 0 Å². The number of rotatable bonds is 2. The van der Waals surface area contributed by atoms with Gasteiger partial charge in [0, 0.05) is 23.4 Å². The van der Waals surface area contributed by atoms with Crippen LogP contribution < -0.4 is 5.32 Å². The Labute approximate surface area is 110 Å². The average Bonchev–Trinajstić information content (AvgIpc) is 2.89. The van der Waals surface area contributed by atoms with E-state index < -0.39 is 0 Å². The molecule has 1 aliphatic heterocycles. The van der Waals surface area contributed by atoms with Gasteiger partial charge in [-0.25, -0.2) is 9.37 Å². The molecule has 4 heteroatoms. The minimum absolute atomic E-state index is 0.207. The molecular weight excluding hydrogens is 247 g/mol. The van der Waals surface area contributed by atoms with Crippen LogP contribution in [0.2, 0.25) is 0 Å². The van der Waals surface area contributed by atoms with Gasteiger partial charge in [-0.15, -0.1) is 11.3 Å². The third-order valence-corrected chi connectivity index (χ3v) is 4.30. The monoisotopic (exact) mass is 262 g/mol. The molecule has 2 nitrogen and oxygen atoms in total. The number of hydrogen-bond donors (Lipinski definition) is 1. The van der Waals surface area contributed by atoms with Gasteiger partial charge in [0.1, 0.15) is 5.82 Å². The van der Waals surface area contributed by atoms with E-state index in [9.17, 15) is 4.39 Å². The van der Waals surface area contributed by atoms with E-state index in [0.717, 1.165) is 24.3 Å². The number of thiazole rings is 1. The van der Waals surface area contributed by atoms with Crippen molar-refractivity contribution in [1.82, 2.24) is 10.3 Å². The molecule has 0 amide bonds. The molecule has 18 heavy (non-hydrogen) atoms. The van der Waals surface area contributed by atoms with Gasteiger partial charge >= 0.3 is 0 Å². The number of benzene rings is 1. The quantitative estimate of drug-likeness (QED) is 0.897. The van der Waals surface area contributed by atoms with Gasteiger partial charge < -0.3 is 5.32 Å². The van der Waals surface area contributed by atoms with Crippen LogP contribution in [0.15, 0.2) is 29.6 Å². The Morgan fingerprint density at radius 2 is 2.33 bits per heavy atom. The predicted octanol–water partition coefficient (Wildman–Crippen LogP) is 3.42. The lowest BCUT2D eigenvalue weighted by Gasteiger charge is -2.20. The molecule has 94 valence electrons. The smallest absolute Gasteiger partial charge is 0.123 e. The van der Waals surface area contributed by atoms with Gasteiger partial charge in [0.15, 0.2) is 0 Å². The van der Waals surface area contributed by atoms with Gasteiger partial charge in [-0.1, -0.05) is 12.1 Å². The van der Waals surface area contributed by atoms with E-state index in [1.165, 1.54) is 30.0 Å². The molecule has 0 radical (unpaired) electrons. The fourth-order valence-corrected chi connectivity index (χ4v) is 3.28. The highest BCUT2D eigenvalue weighted by atomic mass is 32.1. The van der Waals surface area contributed by atoms with Crippen molar-refractivity contribution in [2.24, 2.45) is 0 Å². The largest absolute Gasteiger partial charge is 0.316 e. The molecule has 0 spiro atoms. The molecule has 2 aromatic rings. The molecule has 1 fully saturated rings. The molecule has 1 aromatic heterocycles. The third kappa shape index (κ3) is 2.44. The molecule has 1 N–H and O–H groups in total. The van der Waals surface area contributed by atoms with Crippen molar-refractivity contribution in [3.05, 3.63) is 40.5 Å². The van der Waals surface area contributed by atoms with Crippen molar-refractivity contribution in [2.75, 3.05) is 13.1 Å². The second kappa shape index (κ2) is 5.16. The van der Waals surface area contributed by atoms with Crippen molar-refractivity contribution in [2.45, 2.75) is 18.8 Å². The standard InChI is InChI=1S/C14H15FN2S/c15-12-5-1-3-10(7-12)13-9-18-14(17-13)11-4-2-6-16-8-11/h1,3,5,7,9,11,16H,2,4,6,8H2. The lowest BCUT2D eigenvalue weighted by molar-refractivity contribution is 0.460. The fraction of sp³-hybridized carbons (Fsp3) is 0.357. The lowest BCUT2D eigenvalue weighted by Crippen LogP contribution is -2.28. The first-order valence-corrected chi connectivity index (χ1v) is 7.13. The van der Waals surface area contributed by atoms with E-state index in [2.05, 4.69) is 10.3 Å². The fourth-order valence-electron chi connectivity index (χ4n) is 2.32. The van der Waals surface area contributed by atoms with Crippen LogP contribution in [0.4, 0.5) is 4.39 Å². The summed E-state index contributed by atoms with van der Waals surface area (Å²) in [6.07, 6.45) is 2.41. The first-order valence-electron chi connectivity index (χ1n) is 6.25. The van der Waals surface area contributed by atoms with Crippen molar-refractivity contribution in [3.8, 4) is 11.3 Å². The number of nitrogens with zero attached hydrogens (tertiary/aromatic N) is 1. The summed E-state index contributed by atoms with van der Waals surface area (Å²) in [4.78, 5) is 4.66. The normalized spacial score (nSPS) is 19.9. The minimum atomic E-state index is -0.207. The van der Waals surface area contributed by atoms with Crippen LogP contribution in [-0.4, -0.2) is 18.1 Å². The van der Waals surface area contributed by atoms with E-state index in [4.69, 9.17) is 0 Å².